The lowest BCUT2D eigenvalue weighted by atomic mass is 9.98. The number of likely N-dealkylation sites (tertiary alicyclic amines) is 1. The summed E-state index contributed by atoms with van der Waals surface area (Å²) in [4.78, 5) is 25.2. The highest BCUT2D eigenvalue weighted by atomic mass is 28.4. The zero-order valence-corrected chi connectivity index (χ0v) is 18.3. The van der Waals surface area contributed by atoms with Gasteiger partial charge in [-0.05, 0) is 15.4 Å². The maximum atomic E-state index is 12.5. The molecule has 0 bridgehead atoms. The quantitative estimate of drug-likeness (QED) is 0.768. The number of hydrogen-bond donors (Lipinski definition) is 1. The summed E-state index contributed by atoms with van der Waals surface area (Å²) in [6.07, 6.45) is -0.728. The maximum Gasteiger partial charge on any atom is 0.407 e. The molecule has 1 N–H and O–H groups in total. The Bertz CT molecular complexity index is 809. The van der Waals surface area contributed by atoms with Gasteiger partial charge in [0.25, 0.3) is 8.32 Å². The van der Waals surface area contributed by atoms with Gasteiger partial charge in [-0.3, -0.25) is 4.79 Å². The van der Waals surface area contributed by atoms with Gasteiger partial charge in [-0.2, -0.15) is 0 Å². The van der Waals surface area contributed by atoms with Gasteiger partial charge in [-0.15, -0.1) is 0 Å². The van der Waals surface area contributed by atoms with E-state index < -0.39 is 20.3 Å². The van der Waals surface area contributed by atoms with Crippen LogP contribution in [-0.4, -0.2) is 49.9 Å². The van der Waals surface area contributed by atoms with E-state index in [-0.39, 0.29) is 36.9 Å². The highest BCUT2D eigenvalue weighted by molar-refractivity contribution is 6.99. The molecule has 1 heterocycles. The Morgan fingerprint density at radius 2 is 1.59 bits per heavy atom. The van der Waals surface area contributed by atoms with Gasteiger partial charge in [0.05, 0.1) is 5.92 Å². The third-order valence-corrected chi connectivity index (χ3v) is 10.7. The normalized spacial score (nSPS) is 18.0. The Morgan fingerprint density at radius 1 is 1.07 bits per heavy atom. The molecule has 1 aliphatic rings. The molecule has 154 valence electrons. The highest BCUT2D eigenvalue weighted by Crippen LogP contribution is 2.37. The van der Waals surface area contributed by atoms with Gasteiger partial charge in [0.1, 0.15) is 5.78 Å². The van der Waals surface area contributed by atoms with Gasteiger partial charge >= 0.3 is 6.09 Å². The Balaban J connectivity index is 2.00. The van der Waals surface area contributed by atoms with Crippen LogP contribution in [0.1, 0.15) is 27.2 Å². The molecule has 1 aliphatic heterocycles. The lowest BCUT2D eigenvalue weighted by Crippen LogP contribution is -2.67. The molecular formula is C23H29NO4Si. The van der Waals surface area contributed by atoms with Crippen LogP contribution in [0.4, 0.5) is 4.79 Å². The molecule has 0 aromatic heterocycles. The largest absolute Gasteiger partial charge is 0.465 e. The average molecular weight is 412 g/mol. The number of nitrogens with zero attached hydrogens (tertiary/aromatic N) is 1. The van der Waals surface area contributed by atoms with E-state index in [1.165, 1.54) is 4.90 Å². The van der Waals surface area contributed by atoms with Crippen LogP contribution in [0.25, 0.3) is 0 Å². The summed E-state index contributed by atoms with van der Waals surface area (Å²) in [6.45, 7) is 7.26. The van der Waals surface area contributed by atoms with Crippen LogP contribution in [0.2, 0.25) is 5.04 Å². The first-order chi connectivity index (χ1) is 13.8. The van der Waals surface area contributed by atoms with Crippen LogP contribution in [0.3, 0.4) is 0 Å². The molecular weight excluding hydrogens is 382 g/mol. The second-order valence-electron chi connectivity index (χ2n) is 8.62. The molecule has 0 radical (unpaired) electrons. The van der Waals surface area contributed by atoms with Gasteiger partial charge in [0.15, 0.2) is 0 Å². The second kappa shape index (κ2) is 8.51. The third kappa shape index (κ3) is 4.28. The lowest BCUT2D eigenvalue weighted by Gasteiger charge is -2.44. The summed E-state index contributed by atoms with van der Waals surface area (Å²) < 4.78 is 6.80. The van der Waals surface area contributed by atoms with Gasteiger partial charge in [-0.1, -0.05) is 81.4 Å². The van der Waals surface area contributed by atoms with Gasteiger partial charge in [0.2, 0.25) is 0 Å². The minimum atomic E-state index is -2.73. The average Bonchev–Trinajstić information content (AvgIpc) is 2.70. The fraction of sp³-hybridized carbons (Fsp3) is 0.391. The van der Waals surface area contributed by atoms with Crippen LogP contribution in [0.5, 0.6) is 0 Å². The Kier molecular flexibility index (Phi) is 6.24. The van der Waals surface area contributed by atoms with Gasteiger partial charge < -0.3 is 14.4 Å². The number of amides is 1. The van der Waals surface area contributed by atoms with E-state index in [9.17, 15) is 14.7 Å². The van der Waals surface area contributed by atoms with Crippen molar-refractivity contribution in [3.8, 4) is 0 Å². The van der Waals surface area contributed by atoms with E-state index in [0.717, 1.165) is 10.4 Å². The molecule has 3 rings (SSSR count). The van der Waals surface area contributed by atoms with Crippen molar-refractivity contribution in [2.75, 3.05) is 19.7 Å². The van der Waals surface area contributed by atoms with E-state index in [4.69, 9.17) is 4.43 Å². The maximum absolute atomic E-state index is 12.5. The zero-order chi connectivity index (χ0) is 21.1. The zero-order valence-electron chi connectivity index (χ0n) is 17.3. The molecule has 1 saturated heterocycles. The first-order valence-electron chi connectivity index (χ1n) is 10.0. The molecule has 1 atom stereocenters. The molecule has 1 fully saturated rings. The standard InChI is InChI=1S/C23H29NO4Si/c1-23(2,3)29(19-10-6-4-7-11-19,20-12-8-5-9-13-20)28-17-18-16-24(22(26)27)15-14-21(18)25/h4-13,18H,14-17H2,1-3H3,(H,26,27). The van der Waals surface area contributed by atoms with Crippen LogP contribution in [0.15, 0.2) is 60.7 Å². The van der Waals surface area contributed by atoms with Crippen molar-refractivity contribution < 1.29 is 19.1 Å². The molecule has 1 unspecified atom stereocenters. The molecule has 0 saturated carbocycles. The number of carbonyl (C=O) groups excluding carboxylic acids is 1. The summed E-state index contributed by atoms with van der Waals surface area (Å²) in [5.41, 5.74) is 0. The molecule has 5 nitrogen and oxygen atoms in total. The smallest absolute Gasteiger partial charge is 0.407 e. The van der Waals surface area contributed by atoms with Crippen molar-refractivity contribution in [3.05, 3.63) is 60.7 Å². The van der Waals surface area contributed by atoms with Gasteiger partial charge in [-0.25, -0.2) is 4.79 Å². The number of Topliss-reactive ketones (excluding diaryl/α,β-unsaturated/α-hetero) is 1. The predicted octanol–water partition coefficient (Wildman–Crippen LogP) is 3.13. The third-order valence-electron chi connectivity index (χ3n) is 5.71. The van der Waals surface area contributed by atoms with Crippen LogP contribution >= 0.6 is 0 Å². The Labute approximate surface area is 173 Å². The van der Waals surface area contributed by atoms with Crippen molar-refractivity contribution in [2.45, 2.75) is 32.2 Å². The van der Waals surface area contributed by atoms with Crippen molar-refractivity contribution in [3.63, 3.8) is 0 Å². The molecule has 1 amide bonds. The number of ketones is 1. The van der Waals surface area contributed by atoms with E-state index in [0.29, 0.717) is 0 Å². The Hall–Kier alpha value is -2.44. The summed E-state index contributed by atoms with van der Waals surface area (Å²) in [7, 11) is -2.73. The van der Waals surface area contributed by atoms with Gasteiger partial charge in [0, 0.05) is 26.1 Å². The fourth-order valence-electron chi connectivity index (χ4n) is 4.21. The SMILES string of the molecule is CC(C)(C)[Si](OCC1CN(C(=O)O)CCC1=O)(c1ccccc1)c1ccccc1. The predicted molar refractivity (Wildman–Crippen MR) is 116 cm³/mol. The first-order valence-corrected chi connectivity index (χ1v) is 11.9. The fourth-order valence-corrected chi connectivity index (χ4v) is 8.82. The minimum absolute atomic E-state index is 0.0837. The number of hydrogen-bond acceptors (Lipinski definition) is 3. The molecule has 0 spiro atoms. The first kappa shape index (κ1) is 21.3. The second-order valence-corrected chi connectivity index (χ2v) is 12.9. The molecule has 2 aromatic carbocycles. The van der Waals surface area contributed by atoms with Crippen molar-refractivity contribution in [1.82, 2.24) is 4.90 Å². The number of carbonyl (C=O) groups is 2. The molecule has 2 aromatic rings. The van der Waals surface area contributed by atoms with Crippen molar-refractivity contribution >= 4 is 30.6 Å². The van der Waals surface area contributed by atoms with E-state index in [1.54, 1.807) is 0 Å². The molecule has 6 heteroatoms. The van der Waals surface area contributed by atoms with Crippen molar-refractivity contribution in [2.24, 2.45) is 5.92 Å². The summed E-state index contributed by atoms with van der Waals surface area (Å²) in [5.74, 6) is -0.345. The van der Waals surface area contributed by atoms with E-state index in [2.05, 4.69) is 45.0 Å². The summed E-state index contributed by atoms with van der Waals surface area (Å²) >= 11 is 0. The number of piperidine rings is 1. The van der Waals surface area contributed by atoms with Crippen molar-refractivity contribution in [1.29, 1.82) is 0 Å². The van der Waals surface area contributed by atoms with E-state index in [1.807, 2.05) is 36.4 Å². The summed E-state index contributed by atoms with van der Waals surface area (Å²) in [6, 6.07) is 20.5. The number of carboxylic acid groups (broad SMARTS) is 1. The van der Waals surface area contributed by atoms with Crippen LogP contribution < -0.4 is 10.4 Å². The molecule has 0 aliphatic carbocycles. The van der Waals surface area contributed by atoms with Crippen LogP contribution in [-0.2, 0) is 9.22 Å². The monoisotopic (exact) mass is 411 g/mol. The highest BCUT2D eigenvalue weighted by Gasteiger charge is 2.50. The lowest BCUT2D eigenvalue weighted by molar-refractivity contribution is -0.126. The molecule has 29 heavy (non-hydrogen) atoms. The number of rotatable bonds is 5. The summed E-state index contributed by atoms with van der Waals surface area (Å²) in [5, 5.41) is 11.5. The number of benzene rings is 2. The Morgan fingerprint density at radius 3 is 2.03 bits per heavy atom. The van der Waals surface area contributed by atoms with Crippen LogP contribution in [0, 0.1) is 5.92 Å². The van der Waals surface area contributed by atoms with E-state index >= 15 is 0 Å². The topological polar surface area (TPSA) is 66.8 Å². The minimum Gasteiger partial charge on any atom is -0.465 e.